The first kappa shape index (κ1) is 20.7. The lowest BCUT2D eigenvalue weighted by molar-refractivity contribution is -0.141. The quantitative estimate of drug-likeness (QED) is 0.179. The molecule has 2 atom stereocenters. The van der Waals surface area contributed by atoms with E-state index in [0.29, 0.717) is 5.56 Å². The van der Waals surface area contributed by atoms with Gasteiger partial charge in [-0.1, -0.05) is 54.6 Å². The summed E-state index contributed by atoms with van der Waals surface area (Å²) in [5, 5.41) is 8.44. The second-order valence-corrected chi connectivity index (χ2v) is 6.72. The van der Waals surface area contributed by atoms with Gasteiger partial charge >= 0.3 is 5.97 Å². The van der Waals surface area contributed by atoms with Crippen LogP contribution in [0, 0.1) is 11.5 Å². The van der Waals surface area contributed by atoms with Crippen molar-refractivity contribution in [3.05, 3.63) is 71.3 Å². The molecule has 2 aromatic carbocycles. The van der Waals surface area contributed by atoms with Gasteiger partial charge in [-0.2, -0.15) is 0 Å². The normalized spacial score (nSPS) is 11.6. The van der Waals surface area contributed by atoms with Crippen LogP contribution in [0.1, 0.15) is 34.3 Å². The van der Waals surface area contributed by atoms with Crippen molar-refractivity contribution in [2.75, 3.05) is 0 Å². The van der Waals surface area contributed by atoms with Crippen molar-refractivity contribution >= 4 is 21.1 Å². The summed E-state index contributed by atoms with van der Waals surface area (Å²) in [6.07, 6.45) is 3.45. The largest absolute Gasteiger partial charge is 0.349 e. The van der Waals surface area contributed by atoms with Crippen LogP contribution in [0.4, 0.5) is 0 Å². The number of hydrogen-bond acceptors (Lipinski definition) is 6. The maximum atomic E-state index is 12.4. The van der Waals surface area contributed by atoms with Gasteiger partial charge in [0.05, 0.1) is 0 Å². The molecule has 0 spiro atoms. The number of Topliss-reactive ketones (excluding diaryl/α,β-unsaturated/α-hetero) is 1. The Morgan fingerprint density at radius 1 is 1.07 bits per heavy atom. The number of ether oxygens (including phenoxy) is 1. The Morgan fingerprint density at radius 2 is 1.67 bits per heavy atom. The lowest BCUT2D eigenvalue weighted by Crippen LogP contribution is -2.40. The standard InChI is InChI=1S/C20H22N3O3P/c21-14-26-20(25)18(23(22)27)12-13-19(24)17-10-8-16(9-11-17)7-6-15-4-2-1-3-5-15/h1-5,8-11,18H,6-7,12-13,22,27H2. The summed E-state index contributed by atoms with van der Waals surface area (Å²) in [5.74, 6) is 4.70. The van der Waals surface area contributed by atoms with Gasteiger partial charge in [0.25, 0.3) is 6.26 Å². The summed E-state index contributed by atoms with van der Waals surface area (Å²) < 4.78 is 5.37. The zero-order valence-electron chi connectivity index (χ0n) is 14.9. The van der Waals surface area contributed by atoms with Gasteiger partial charge in [-0.05, 0) is 39.8 Å². The molecule has 0 bridgehead atoms. The number of carbonyl (C=O) groups is 2. The third kappa shape index (κ3) is 6.58. The van der Waals surface area contributed by atoms with Gasteiger partial charge in [-0.3, -0.25) is 10.6 Å². The molecule has 0 aliphatic heterocycles. The second-order valence-electron chi connectivity index (χ2n) is 6.12. The summed E-state index contributed by atoms with van der Waals surface area (Å²) >= 11 is 0. The summed E-state index contributed by atoms with van der Waals surface area (Å²) in [7, 11) is 2.14. The Balaban J connectivity index is 1.89. The van der Waals surface area contributed by atoms with Gasteiger partial charge in [-0.25, -0.2) is 9.57 Å². The van der Waals surface area contributed by atoms with E-state index in [1.54, 1.807) is 12.1 Å². The molecule has 2 aromatic rings. The van der Waals surface area contributed by atoms with E-state index in [-0.39, 0.29) is 18.6 Å². The number of hydrogen-bond donors (Lipinski definition) is 1. The molecular formula is C20H22N3O3P. The topological polar surface area (TPSA) is 96.4 Å². The van der Waals surface area contributed by atoms with Crippen molar-refractivity contribution in [1.29, 1.82) is 5.26 Å². The maximum absolute atomic E-state index is 12.4. The van der Waals surface area contributed by atoms with Crippen molar-refractivity contribution in [2.24, 2.45) is 5.84 Å². The summed E-state index contributed by atoms with van der Waals surface area (Å²) in [6.45, 7) is 0. The number of ketones is 1. The summed E-state index contributed by atoms with van der Waals surface area (Å²) in [5.41, 5.74) is 3.01. The fourth-order valence-corrected chi connectivity index (χ4v) is 2.98. The number of carbonyl (C=O) groups excluding carboxylic acids is 2. The Hall–Kier alpha value is -2.58. The highest BCUT2D eigenvalue weighted by atomic mass is 31.0. The molecule has 2 rings (SSSR count). The van der Waals surface area contributed by atoms with E-state index >= 15 is 0 Å². The number of rotatable bonds is 9. The first-order valence-electron chi connectivity index (χ1n) is 8.55. The number of hydrazine groups is 1. The molecule has 6 nitrogen and oxygen atoms in total. The van der Waals surface area contributed by atoms with Crippen LogP contribution >= 0.6 is 9.39 Å². The molecule has 0 fully saturated rings. The minimum Gasteiger partial charge on any atom is -0.349 e. The third-order valence-electron chi connectivity index (χ3n) is 4.24. The molecule has 0 saturated heterocycles. The van der Waals surface area contributed by atoms with Gasteiger partial charge in [0.2, 0.25) is 0 Å². The number of nitriles is 1. The third-order valence-corrected chi connectivity index (χ3v) is 4.60. The van der Waals surface area contributed by atoms with E-state index in [4.69, 9.17) is 11.1 Å². The molecule has 2 N–H and O–H groups in total. The smallest absolute Gasteiger partial charge is 0.340 e. The molecule has 0 saturated carbocycles. The average Bonchev–Trinajstić information content (AvgIpc) is 2.67. The SMILES string of the molecule is N#COC(=O)C(CCC(=O)c1ccc(CCc2ccccc2)cc1)N(N)P. The van der Waals surface area contributed by atoms with Crippen molar-refractivity contribution in [2.45, 2.75) is 31.7 Å². The molecule has 0 heterocycles. The van der Waals surface area contributed by atoms with Crippen molar-refractivity contribution in [3.8, 4) is 6.26 Å². The molecular weight excluding hydrogens is 361 g/mol. The summed E-state index contributed by atoms with van der Waals surface area (Å²) in [6, 6.07) is 16.8. The fraction of sp³-hybridized carbons (Fsp3) is 0.250. The Morgan fingerprint density at radius 3 is 2.22 bits per heavy atom. The predicted molar refractivity (Wildman–Crippen MR) is 105 cm³/mol. The highest BCUT2D eigenvalue weighted by Gasteiger charge is 2.24. The molecule has 7 heteroatoms. The summed E-state index contributed by atoms with van der Waals surface area (Å²) in [4.78, 5) is 24.0. The second kappa shape index (κ2) is 10.5. The monoisotopic (exact) mass is 383 g/mol. The Bertz CT molecular complexity index is 801. The number of aryl methyl sites for hydroxylation is 2. The lowest BCUT2D eigenvalue weighted by Gasteiger charge is -2.19. The van der Waals surface area contributed by atoms with Crippen LogP contribution in [0.5, 0.6) is 0 Å². The Labute approximate surface area is 161 Å². The first-order valence-corrected chi connectivity index (χ1v) is 9.07. The molecule has 2 unspecified atom stereocenters. The molecule has 140 valence electrons. The molecule has 0 aromatic heterocycles. The zero-order valence-corrected chi connectivity index (χ0v) is 16.0. The minimum atomic E-state index is -0.872. The van der Waals surface area contributed by atoms with Crippen molar-refractivity contribution in [3.63, 3.8) is 0 Å². The maximum Gasteiger partial charge on any atom is 0.340 e. The highest BCUT2D eigenvalue weighted by Crippen LogP contribution is 2.15. The molecule has 0 radical (unpaired) electrons. The Kier molecular flexibility index (Phi) is 8.09. The van der Waals surface area contributed by atoms with E-state index in [1.807, 2.05) is 30.3 Å². The van der Waals surface area contributed by atoms with Crippen LogP contribution in [0.2, 0.25) is 0 Å². The van der Waals surface area contributed by atoms with Crippen LogP contribution in [0.25, 0.3) is 0 Å². The van der Waals surface area contributed by atoms with E-state index < -0.39 is 12.0 Å². The number of nitrogens with two attached hydrogens (primary N) is 1. The van der Waals surface area contributed by atoms with Crippen LogP contribution in [0.15, 0.2) is 54.6 Å². The van der Waals surface area contributed by atoms with E-state index in [0.717, 1.165) is 23.2 Å². The van der Waals surface area contributed by atoms with E-state index in [1.165, 1.54) is 11.8 Å². The van der Waals surface area contributed by atoms with Crippen LogP contribution in [-0.2, 0) is 22.4 Å². The predicted octanol–water partition coefficient (Wildman–Crippen LogP) is 2.79. The molecule has 27 heavy (non-hydrogen) atoms. The van der Waals surface area contributed by atoms with Gasteiger partial charge < -0.3 is 4.74 Å². The van der Waals surface area contributed by atoms with Crippen LogP contribution in [-0.4, -0.2) is 22.6 Å². The molecule has 0 aliphatic carbocycles. The van der Waals surface area contributed by atoms with E-state index in [2.05, 4.69) is 26.3 Å². The highest BCUT2D eigenvalue weighted by molar-refractivity contribution is 7.13. The van der Waals surface area contributed by atoms with Gasteiger partial charge in [0.15, 0.2) is 5.78 Å². The zero-order chi connectivity index (χ0) is 19.6. The first-order chi connectivity index (χ1) is 13.0. The number of benzene rings is 2. The van der Waals surface area contributed by atoms with Crippen LogP contribution < -0.4 is 5.84 Å². The minimum absolute atomic E-state index is 0.0915. The van der Waals surface area contributed by atoms with Crippen molar-refractivity contribution in [1.82, 2.24) is 4.78 Å². The fourth-order valence-electron chi connectivity index (χ4n) is 2.70. The van der Waals surface area contributed by atoms with Gasteiger partial charge in [0, 0.05) is 12.0 Å². The average molecular weight is 383 g/mol. The van der Waals surface area contributed by atoms with E-state index in [9.17, 15) is 9.59 Å². The lowest BCUT2D eigenvalue weighted by atomic mass is 10.00. The van der Waals surface area contributed by atoms with Gasteiger partial charge in [0.1, 0.15) is 6.04 Å². The molecule has 0 amide bonds. The van der Waals surface area contributed by atoms with Crippen molar-refractivity contribution < 1.29 is 14.3 Å². The van der Waals surface area contributed by atoms with Crippen LogP contribution in [0.3, 0.4) is 0 Å². The number of nitrogens with zero attached hydrogens (tertiary/aromatic N) is 2. The van der Waals surface area contributed by atoms with Gasteiger partial charge in [-0.15, -0.1) is 5.26 Å². The number of esters is 1. The molecule has 0 aliphatic rings.